The number of benzene rings is 1. The van der Waals surface area contributed by atoms with E-state index in [1.165, 1.54) is 5.56 Å². The van der Waals surface area contributed by atoms with E-state index in [0.29, 0.717) is 19.1 Å². The van der Waals surface area contributed by atoms with Crippen molar-refractivity contribution < 1.29 is 14.3 Å². The molecular formula is C20H26N2O3. The Morgan fingerprint density at radius 1 is 1.24 bits per heavy atom. The molecule has 1 saturated heterocycles. The fourth-order valence-corrected chi connectivity index (χ4v) is 4.07. The number of aryl methyl sites for hydroxylation is 1. The highest BCUT2D eigenvalue weighted by molar-refractivity contribution is 5.56. The SMILES string of the molecule is Cc1ccc(-c2cnc(CN3CCOC[C@@H]3[C@@H]3CCC[C@@H]3O)o2)cc1. The second-order valence-corrected chi connectivity index (χ2v) is 7.26. The molecule has 1 aliphatic carbocycles. The lowest BCUT2D eigenvalue weighted by molar-refractivity contribution is -0.0562. The largest absolute Gasteiger partial charge is 0.439 e. The van der Waals surface area contributed by atoms with Gasteiger partial charge in [0.1, 0.15) is 0 Å². The third-order valence-electron chi connectivity index (χ3n) is 5.53. The van der Waals surface area contributed by atoms with Gasteiger partial charge in [-0.2, -0.15) is 0 Å². The number of nitrogens with zero attached hydrogens (tertiary/aromatic N) is 2. The van der Waals surface area contributed by atoms with E-state index in [0.717, 1.165) is 49.6 Å². The number of aliphatic hydroxyl groups is 1. The summed E-state index contributed by atoms with van der Waals surface area (Å²) in [6.45, 7) is 5.02. The van der Waals surface area contributed by atoms with Gasteiger partial charge in [-0.05, 0) is 19.8 Å². The van der Waals surface area contributed by atoms with Gasteiger partial charge in [0.05, 0.1) is 32.1 Å². The highest BCUT2D eigenvalue weighted by atomic mass is 16.5. The summed E-state index contributed by atoms with van der Waals surface area (Å²) in [7, 11) is 0. The zero-order valence-corrected chi connectivity index (χ0v) is 14.7. The van der Waals surface area contributed by atoms with Crippen LogP contribution in [0.4, 0.5) is 0 Å². The summed E-state index contributed by atoms with van der Waals surface area (Å²) in [6.07, 6.45) is 4.69. The molecule has 3 atom stereocenters. The molecule has 2 heterocycles. The molecule has 2 aromatic rings. The molecule has 25 heavy (non-hydrogen) atoms. The molecule has 0 spiro atoms. The normalized spacial score (nSPS) is 27.7. The zero-order chi connectivity index (χ0) is 17.2. The Balaban J connectivity index is 1.47. The van der Waals surface area contributed by atoms with E-state index in [2.05, 4.69) is 41.1 Å². The number of ether oxygens (including phenoxy) is 1. The number of hydrogen-bond acceptors (Lipinski definition) is 5. The fraction of sp³-hybridized carbons (Fsp3) is 0.550. The van der Waals surface area contributed by atoms with Crippen molar-refractivity contribution in [2.75, 3.05) is 19.8 Å². The molecule has 2 fully saturated rings. The molecule has 0 radical (unpaired) electrons. The van der Waals surface area contributed by atoms with E-state index >= 15 is 0 Å². The van der Waals surface area contributed by atoms with Crippen LogP contribution in [0.3, 0.4) is 0 Å². The summed E-state index contributed by atoms with van der Waals surface area (Å²) in [6, 6.07) is 8.53. The maximum absolute atomic E-state index is 10.3. The molecule has 1 N–H and O–H groups in total. The number of aliphatic hydroxyl groups excluding tert-OH is 1. The average Bonchev–Trinajstić information content (AvgIpc) is 3.25. The van der Waals surface area contributed by atoms with Crippen molar-refractivity contribution in [3.63, 3.8) is 0 Å². The minimum atomic E-state index is -0.207. The summed E-state index contributed by atoms with van der Waals surface area (Å²) in [4.78, 5) is 6.85. The van der Waals surface area contributed by atoms with Crippen LogP contribution in [0.25, 0.3) is 11.3 Å². The first-order valence-electron chi connectivity index (χ1n) is 9.22. The van der Waals surface area contributed by atoms with Gasteiger partial charge in [-0.1, -0.05) is 36.2 Å². The van der Waals surface area contributed by atoms with Gasteiger partial charge in [0.2, 0.25) is 5.89 Å². The smallest absolute Gasteiger partial charge is 0.209 e. The predicted octanol–water partition coefficient (Wildman–Crippen LogP) is 3.01. The Labute approximate surface area is 148 Å². The molecule has 2 aliphatic rings. The Morgan fingerprint density at radius 2 is 2.08 bits per heavy atom. The molecule has 0 bridgehead atoms. The van der Waals surface area contributed by atoms with E-state index in [4.69, 9.17) is 9.15 Å². The molecular weight excluding hydrogens is 316 g/mol. The lowest BCUT2D eigenvalue weighted by Crippen LogP contribution is -2.50. The van der Waals surface area contributed by atoms with Crippen molar-refractivity contribution in [1.82, 2.24) is 9.88 Å². The standard InChI is InChI=1S/C20H26N2O3/c1-14-5-7-15(8-6-14)19-11-21-20(25-19)12-22-9-10-24-13-17(22)16-3-2-4-18(16)23/h5-8,11,16-18,23H,2-4,9-10,12-13H2,1H3/t16-,17+,18-/m0/s1. The van der Waals surface area contributed by atoms with Gasteiger partial charge >= 0.3 is 0 Å². The Hall–Kier alpha value is -1.69. The Bertz CT molecular complexity index is 697. The van der Waals surface area contributed by atoms with Crippen molar-refractivity contribution in [1.29, 1.82) is 0 Å². The molecule has 5 heteroatoms. The first kappa shape index (κ1) is 16.8. The zero-order valence-electron chi connectivity index (χ0n) is 14.7. The third-order valence-corrected chi connectivity index (χ3v) is 5.53. The van der Waals surface area contributed by atoms with E-state index in [1.807, 2.05) is 0 Å². The van der Waals surface area contributed by atoms with Crippen LogP contribution >= 0.6 is 0 Å². The molecule has 0 amide bonds. The van der Waals surface area contributed by atoms with Gasteiger partial charge in [0.15, 0.2) is 5.76 Å². The lowest BCUT2D eigenvalue weighted by atomic mass is 9.94. The first-order chi connectivity index (χ1) is 12.2. The van der Waals surface area contributed by atoms with Crippen molar-refractivity contribution in [3.05, 3.63) is 41.9 Å². The first-order valence-corrected chi connectivity index (χ1v) is 9.22. The van der Waals surface area contributed by atoms with Gasteiger partial charge < -0.3 is 14.3 Å². The van der Waals surface area contributed by atoms with Crippen LogP contribution in [0.5, 0.6) is 0 Å². The summed E-state index contributed by atoms with van der Waals surface area (Å²) >= 11 is 0. The van der Waals surface area contributed by atoms with Gasteiger partial charge in [0.25, 0.3) is 0 Å². The summed E-state index contributed by atoms with van der Waals surface area (Å²) in [5.41, 5.74) is 2.28. The van der Waals surface area contributed by atoms with E-state index in [1.54, 1.807) is 6.20 Å². The van der Waals surface area contributed by atoms with Gasteiger partial charge in [0, 0.05) is 24.1 Å². The Kier molecular flexibility index (Phi) is 4.88. The van der Waals surface area contributed by atoms with Crippen LogP contribution in [-0.2, 0) is 11.3 Å². The average molecular weight is 342 g/mol. The van der Waals surface area contributed by atoms with E-state index in [-0.39, 0.29) is 12.1 Å². The Morgan fingerprint density at radius 3 is 2.84 bits per heavy atom. The van der Waals surface area contributed by atoms with Crippen LogP contribution in [-0.4, -0.2) is 46.9 Å². The highest BCUT2D eigenvalue weighted by Crippen LogP contribution is 2.33. The van der Waals surface area contributed by atoms with Crippen molar-refractivity contribution in [2.45, 2.75) is 44.9 Å². The van der Waals surface area contributed by atoms with Gasteiger partial charge in [-0.15, -0.1) is 0 Å². The molecule has 0 unspecified atom stereocenters. The number of oxazole rings is 1. The lowest BCUT2D eigenvalue weighted by Gasteiger charge is -2.39. The molecule has 1 aromatic heterocycles. The summed E-state index contributed by atoms with van der Waals surface area (Å²) < 4.78 is 11.7. The van der Waals surface area contributed by atoms with Crippen LogP contribution < -0.4 is 0 Å². The van der Waals surface area contributed by atoms with Gasteiger partial charge in [-0.25, -0.2) is 4.98 Å². The third kappa shape index (κ3) is 3.64. The maximum atomic E-state index is 10.3. The van der Waals surface area contributed by atoms with E-state index in [9.17, 15) is 5.11 Å². The number of rotatable bonds is 4. The number of hydrogen-bond donors (Lipinski definition) is 1. The second-order valence-electron chi connectivity index (χ2n) is 7.26. The minimum absolute atomic E-state index is 0.207. The topological polar surface area (TPSA) is 58.7 Å². The monoisotopic (exact) mass is 342 g/mol. The summed E-state index contributed by atoms with van der Waals surface area (Å²) in [5.74, 6) is 1.84. The van der Waals surface area contributed by atoms with E-state index < -0.39 is 0 Å². The quantitative estimate of drug-likeness (QED) is 0.925. The molecule has 1 saturated carbocycles. The van der Waals surface area contributed by atoms with Crippen LogP contribution in [0.2, 0.25) is 0 Å². The van der Waals surface area contributed by atoms with Gasteiger partial charge in [-0.3, -0.25) is 4.90 Å². The van der Waals surface area contributed by atoms with Crippen LogP contribution in [0.15, 0.2) is 34.9 Å². The molecule has 1 aromatic carbocycles. The van der Waals surface area contributed by atoms with Crippen molar-refractivity contribution >= 4 is 0 Å². The highest BCUT2D eigenvalue weighted by Gasteiger charge is 2.37. The molecule has 134 valence electrons. The second kappa shape index (κ2) is 7.28. The van der Waals surface area contributed by atoms with Crippen molar-refractivity contribution in [2.24, 2.45) is 5.92 Å². The number of aromatic nitrogens is 1. The predicted molar refractivity (Wildman–Crippen MR) is 95.0 cm³/mol. The minimum Gasteiger partial charge on any atom is -0.439 e. The summed E-state index contributed by atoms with van der Waals surface area (Å²) in [5, 5.41) is 10.3. The molecule has 5 nitrogen and oxygen atoms in total. The van der Waals surface area contributed by atoms with Crippen molar-refractivity contribution in [3.8, 4) is 11.3 Å². The molecule has 1 aliphatic heterocycles. The number of morpholine rings is 1. The van der Waals surface area contributed by atoms with Crippen LogP contribution in [0.1, 0.15) is 30.7 Å². The maximum Gasteiger partial charge on any atom is 0.209 e. The molecule has 4 rings (SSSR count). The van der Waals surface area contributed by atoms with Crippen LogP contribution in [0, 0.1) is 12.8 Å². The fourth-order valence-electron chi connectivity index (χ4n) is 4.07.